The van der Waals surface area contributed by atoms with Crippen LogP contribution in [0.2, 0.25) is 0 Å². The van der Waals surface area contributed by atoms with Gasteiger partial charge >= 0.3 is 0 Å². The molecular weight excluding hydrogens is 236 g/mol. The minimum absolute atomic E-state index is 0.179. The molecule has 3 rings (SSSR count). The maximum atomic E-state index is 13.2. The van der Waals surface area contributed by atoms with E-state index in [-0.39, 0.29) is 6.10 Å². The van der Waals surface area contributed by atoms with Crippen LogP contribution in [0.15, 0.2) is 18.2 Å². The summed E-state index contributed by atoms with van der Waals surface area (Å²) in [7, 11) is 0. The Morgan fingerprint density at radius 3 is 2.50 bits per heavy atom. The smallest absolute Gasteiger partial charge is 0.126 e. The number of benzene rings is 1. The SMILES string of the molecule is Fc1cc(F)cc(C2OCCC2CNC2CC2)c1. The summed E-state index contributed by atoms with van der Waals surface area (Å²) in [6.07, 6.45) is 3.25. The minimum atomic E-state index is -0.533. The largest absolute Gasteiger partial charge is 0.373 e. The molecule has 98 valence electrons. The van der Waals surface area contributed by atoms with Crippen LogP contribution in [0, 0.1) is 17.6 Å². The van der Waals surface area contributed by atoms with E-state index in [0.717, 1.165) is 19.0 Å². The van der Waals surface area contributed by atoms with Crippen molar-refractivity contribution in [3.8, 4) is 0 Å². The van der Waals surface area contributed by atoms with Gasteiger partial charge in [-0.15, -0.1) is 0 Å². The van der Waals surface area contributed by atoms with Gasteiger partial charge in [-0.1, -0.05) is 0 Å². The molecule has 1 aromatic rings. The van der Waals surface area contributed by atoms with Crippen molar-refractivity contribution < 1.29 is 13.5 Å². The second-order valence-corrected chi connectivity index (χ2v) is 5.23. The fraction of sp³-hybridized carbons (Fsp3) is 0.571. The van der Waals surface area contributed by atoms with Crippen molar-refractivity contribution in [3.05, 3.63) is 35.4 Å². The molecule has 1 heterocycles. The van der Waals surface area contributed by atoms with Crippen molar-refractivity contribution in [1.82, 2.24) is 5.32 Å². The van der Waals surface area contributed by atoms with Gasteiger partial charge in [-0.25, -0.2) is 8.78 Å². The predicted octanol–water partition coefficient (Wildman–Crippen LogP) is 2.79. The van der Waals surface area contributed by atoms with E-state index in [4.69, 9.17) is 4.74 Å². The topological polar surface area (TPSA) is 21.3 Å². The van der Waals surface area contributed by atoms with Gasteiger partial charge in [0.15, 0.2) is 0 Å². The van der Waals surface area contributed by atoms with Gasteiger partial charge in [0, 0.05) is 31.2 Å². The molecule has 18 heavy (non-hydrogen) atoms. The molecule has 2 nitrogen and oxygen atoms in total. The molecule has 1 aliphatic carbocycles. The number of hydrogen-bond donors (Lipinski definition) is 1. The Bertz CT molecular complexity index is 414. The zero-order valence-electron chi connectivity index (χ0n) is 10.2. The summed E-state index contributed by atoms with van der Waals surface area (Å²) >= 11 is 0. The van der Waals surface area contributed by atoms with Gasteiger partial charge < -0.3 is 10.1 Å². The van der Waals surface area contributed by atoms with Gasteiger partial charge in [0.1, 0.15) is 11.6 Å². The Morgan fingerprint density at radius 1 is 1.11 bits per heavy atom. The Kier molecular flexibility index (Phi) is 3.31. The summed E-state index contributed by atoms with van der Waals surface area (Å²) in [6, 6.07) is 4.30. The Morgan fingerprint density at radius 2 is 1.83 bits per heavy atom. The molecule has 2 aliphatic rings. The lowest BCUT2D eigenvalue weighted by Crippen LogP contribution is -2.26. The number of hydrogen-bond acceptors (Lipinski definition) is 2. The van der Waals surface area contributed by atoms with Crippen LogP contribution in [0.4, 0.5) is 8.78 Å². The van der Waals surface area contributed by atoms with Crippen LogP contribution >= 0.6 is 0 Å². The Hall–Kier alpha value is -1.00. The standard InChI is InChI=1S/C14H17F2NO/c15-11-5-10(6-12(16)7-11)14-9(3-4-18-14)8-17-13-1-2-13/h5-7,9,13-14,17H,1-4,8H2. The molecule has 2 fully saturated rings. The van der Waals surface area contributed by atoms with Crippen LogP contribution in [-0.2, 0) is 4.74 Å². The normalized spacial score (nSPS) is 27.7. The molecule has 0 radical (unpaired) electrons. The highest BCUT2D eigenvalue weighted by Crippen LogP contribution is 2.35. The first-order valence-electron chi connectivity index (χ1n) is 6.53. The van der Waals surface area contributed by atoms with E-state index in [2.05, 4.69) is 5.32 Å². The number of rotatable bonds is 4. The molecule has 1 N–H and O–H groups in total. The maximum Gasteiger partial charge on any atom is 0.126 e. The van der Waals surface area contributed by atoms with Crippen molar-refractivity contribution in [2.24, 2.45) is 5.92 Å². The zero-order chi connectivity index (χ0) is 12.5. The first-order chi connectivity index (χ1) is 8.72. The van der Waals surface area contributed by atoms with Crippen LogP contribution in [0.3, 0.4) is 0 Å². The third kappa shape index (κ3) is 2.70. The summed E-state index contributed by atoms with van der Waals surface area (Å²) in [5.41, 5.74) is 0.618. The average molecular weight is 253 g/mol. The van der Waals surface area contributed by atoms with Crippen molar-refractivity contribution in [2.45, 2.75) is 31.4 Å². The highest BCUT2D eigenvalue weighted by atomic mass is 19.1. The number of ether oxygens (including phenoxy) is 1. The zero-order valence-corrected chi connectivity index (χ0v) is 10.2. The lowest BCUT2D eigenvalue weighted by Gasteiger charge is -2.19. The molecule has 2 atom stereocenters. The summed E-state index contributed by atoms with van der Waals surface area (Å²) in [5.74, 6) is -0.754. The molecule has 1 saturated heterocycles. The molecule has 0 aromatic heterocycles. The Labute approximate surface area is 105 Å². The number of nitrogens with one attached hydrogen (secondary N) is 1. The molecular formula is C14H17F2NO. The van der Waals surface area contributed by atoms with Crippen molar-refractivity contribution in [2.75, 3.05) is 13.2 Å². The average Bonchev–Trinajstić information content (AvgIpc) is 3.02. The van der Waals surface area contributed by atoms with Gasteiger partial charge in [-0.2, -0.15) is 0 Å². The summed E-state index contributed by atoms with van der Waals surface area (Å²) in [5, 5.41) is 3.46. The lowest BCUT2D eigenvalue weighted by atomic mass is 9.95. The van der Waals surface area contributed by atoms with Crippen molar-refractivity contribution in [1.29, 1.82) is 0 Å². The molecule has 0 amide bonds. The summed E-state index contributed by atoms with van der Waals surface area (Å²) in [4.78, 5) is 0. The van der Waals surface area contributed by atoms with E-state index >= 15 is 0 Å². The quantitative estimate of drug-likeness (QED) is 0.891. The molecule has 0 bridgehead atoms. The molecule has 1 aromatic carbocycles. The molecule has 0 spiro atoms. The molecule has 1 aliphatic heterocycles. The second kappa shape index (κ2) is 4.94. The van der Waals surface area contributed by atoms with Gasteiger partial charge in [0.2, 0.25) is 0 Å². The first kappa shape index (κ1) is 12.1. The van der Waals surface area contributed by atoms with Crippen molar-refractivity contribution >= 4 is 0 Å². The van der Waals surface area contributed by atoms with E-state index < -0.39 is 11.6 Å². The van der Waals surface area contributed by atoms with Crippen LogP contribution in [0.1, 0.15) is 30.9 Å². The predicted molar refractivity (Wildman–Crippen MR) is 64.2 cm³/mol. The molecule has 2 unspecified atom stereocenters. The van der Waals surface area contributed by atoms with E-state index in [0.29, 0.717) is 24.1 Å². The highest BCUT2D eigenvalue weighted by Gasteiger charge is 2.32. The van der Waals surface area contributed by atoms with Crippen LogP contribution in [0.25, 0.3) is 0 Å². The van der Waals surface area contributed by atoms with Gasteiger partial charge in [-0.05, 0) is 37.0 Å². The van der Waals surface area contributed by atoms with E-state index in [1.807, 2.05) is 0 Å². The third-order valence-electron chi connectivity index (χ3n) is 3.67. The summed E-state index contributed by atoms with van der Waals surface area (Å²) < 4.78 is 32.1. The molecule has 4 heteroatoms. The monoisotopic (exact) mass is 253 g/mol. The van der Waals surface area contributed by atoms with E-state index in [1.54, 1.807) is 0 Å². The van der Waals surface area contributed by atoms with Crippen molar-refractivity contribution in [3.63, 3.8) is 0 Å². The van der Waals surface area contributed by atoms with Crippen LogP contribution in [-0.4, -0.2) is 19.2 Å². The van der Waals surface area contributed by atoms with Crippen LogP contribution < -0.4 is 5.32 Å². The van der Waals surface area contributed by atoms with Gasteiger partial charge in [0.25, 0.3) is 0 Å². The second-order valence-electron chi connectivity index (χ2n) is 5.23. The maximum absolute atomic E-state index is 13.2. The van der Waals surface area contributed by atoms with E-state index in [1.165, 1.54) is 25.0 Å². The third-order valence-corrected chi connectivity index (χ3v) is 3.67. The molecule has 1 saturated carbocycles. The minimum Gasteiger partial charge on any atom is -0.373 e. The van der Waals surface area contributed by atoms with E-state index in [9.17, 15) is 8.78 Å². The van der Waals surface area contributed by atoms with Gasteiger partial charge in [0.05, 0.1) is 6.10 Å². The Balaban J connectivity index is 1.71. The van der Waals surface area contributed by atoms with Crippen LogP contribution in [0.5, 0.6) is 0 Å². The highest BCUT2D eigenvalue weighted by molar-refractivity contribution is 5.21. The summed E-state index contributed by atoms with van der Waals surface area (Å²) in [6.45, 7) is 1.53. The first-order valence-corrected chi connectivity index (χ1v) is 6.53. The van der Waals surface area contributed by atoms with Gasteiger partial charge in [-0.3, -0.25) is 0 Å². The number of halogens is 2. The fourth-order valence-electron chi connectivity index (χ4n) is 2.56. The fourth-order valence-corrected chi connectivity index (χ4v) is 2.56. The lowest BCUT2D eigenvalue weighted by molar-refractivity contribution is 0.0899.